The molecule has 35 heavy (non-hydrogen) atoms. The van der Waals surface area contributed by atoms with Gasteiger partial charge in [-0.25, -0.2) is 4.79 Å². The number of anilines is 2. The Kier molecular flexibility index (Phi) is 8.96. The highest BCUT2D eigenvalue weighted by Crippen LogP contribution is 2.42. The molecule has 0 saturated carbocycles. The zero-order chi connectivity index (χ0) is 25.9. The quantitative estimate of drug-likeness (QED) is 0.153. The SMILES string of the molecule is Cc1cccc(NC(=O)C(C)Sc2cccc(NC(=O)c3c(Cl)c(Cl)c(Cl)c(Cl)c3C(=O)O)c2)c1. The van der Waals surface area contributed by atoms with Crippen molar-refractivity contribution in [1.29, 1.82) is 0 Å². The highest BCUT2D eigenvalue weighted by molar-refractivity contribution is 8.00. The average molecular weight is 572 g/mol. The molecule has 0 radical (unpaired) electrons. The van der Waals surface area contributed by atoms with E-state index >= 15 is 0 Å². The summed E-state index contributed by atoms with van der Waals surface area (Å²) in [6.45, 7) is 3.70. The summed E-state index contributed by atoms with van der Waals surface area (Å²) in [7, 11) is 0. The number of carboxylic acids is 1. The highest BCUT2D eigenvalue weighted by atomic mass is 35.5. The van der Waals surface area contributed by atoms with Crippen LogP contribution in [0.4, 0.5) is 11.4 Å². The summed E-state index contributed by atoms with van der Waals surface area (Å²) < 4.78 is 0. The van der Waals surface area contributed by atoms with E-state index in [0.717, 1.165) is 5.56 Å². The Hall–Kier alpha value is -2.42. The molecule has 0 aliphatic heterocycles. The van der Waals surface area contributed by atoms with E-state index in [1.165, 1.54) is 11.8 Å². The van der Waals surface area contributed by atoms with Crippen molar-refractivity contribution in [2.45, 2.75) is 24.0 Å². The maximum absolute atomic E-state index is 13.0. The zero-order valence-electron chi connectivity index (χ0n) is 18.3. The molecule has 0 spiro atoms. The lowest BCUT2D eigenvalue weighted by Gasteiger charge is -2.15. The molecule has 3 N–H and O–H groups in total. The molecule has 0 fully saturated rings. The predicted molar refractivity (Wildman–Crippen MR) is 143 cm³/mol. The van der Waals surface area contributed by atoms with E-state index in [0.29, 0.717) is 16.3 Å². The fourth-order valence-electron chi connectivity index (χ4n) is 3.11. The average Bonchev–Trinajstić information content (AvgIpc) is 2.79. The van der Waals surface area contributed by atoms with Crippen LogP contribution in [0.1, 0.15) is 33.2 Å². The number of nitrogens with one attached hydrogen (secondary N) is 2. The smallest absolute Gasteiger partial charge is 0.338 e. The summed E-state index contributed by atoms with van der Waals surface area (Å²) in [5.74, 6) is -2.50. The second-order valence-electron chi connectivity index (χ2n) is 7.41. The van der Waals surface area contributed by atoms with Crippen LogP contribution in [0.3, 0.4) is 0 Å². The van der Waals surface area contributed by atoms with Crippen LogP contribution in [0.5, 0.6) is 0 Å². The van der Waals surface area contributed by atoms with Crippen molar-refractivity contribution in [3.63, 3.8) is 0 Å². The molecule has 182 valence electrons. The number of hydrogen-bond donors (Lipinski definition) is 3. The van der Waals surface area contributed by atoms with E-state index in [1.807, 2.05) is 31.2 Å². The Morgan fingerprint density at radius 1 is 0.829 bits per heavy atom. The lowest BCUT2D eigenvalue weighted by atomic mass is 10.1. The number of benzene rings is 3. The number of thioether (sulfide) groups is 1. The van der Waals surface area contributed by atoms with Gasteiger partial charge in [0.05, 0.1) is 36.5 Å². The van der Waals surface area contributed by atoms with E-state index in [-0.39, 0.29) is 21.0 Å². The van der Waals surface area contributed by atoms with Gasteiger partial charge in [-0.05, 0) is 49.7 Å². The first-order valence-electron chi connectivity index (χ1n) is 10.0. The van der Waals surface area contributed by atoms with Gasteiger partial charge in [-0.15, -0.1) is 11.8 Å². The molecule has 0 aliphatic rings. The monoisotopic (exact) mass is 570 g/mol. The van der Waals surface area contributed by atoms with Crippen molar-refractivity contribution >= 4 is 87.3 Å². The molecule has 3 aromatic carbocycles. The number of rotatable bonds is 7. The van der Waals surface area contributed by atoms with Gasteiger partial charge in [-0.3, -0.25) is 9.59 Å². The fraction of sp³-hybridized carbons (Fsp3) is 0.125. The third kappa shape index (κ3) is 6.42. The predicted octanol–water partition coefficient (Wildman–Crippen LogP) is 7.68. The maximum Gasteiger partial charge on any atom is 0.338 e. The molecular formula is C24H18Cl4N2O4S. The van der Waals surface area contributed by atoms with Crippen molar-refractivity contribution in [3.05, 3.63) is 85.3 Å². The van der Waals surface area contributed by atoms with Crippen molar-refractivity contribution in [2.24, 2.45) is 0 Å². The second kappa shape index (κ2) is 11.5. The van der Waals surface area contributed by atoms with Gasteiger partial charge in [0.2, 0.25) is 5.91 Å². The molecule has 1 atom stereocenters. The molecule has 0 saturated heterocycles. The molecule has 1 unspecified atom stereocenters. The third-order valence-corrected chi connectivity index (χ3v) is 7.66. The number of halogens is 4. The summed E-state index contributed by atoms with van der Waals surface area (Å²) in [6.07, 6.45) is 0. The van der Waals surface area contributed by atoms with Gasteiger partial charge in [0.25, 0.3) is 5.91 Å². The minimum absolute atomic E-state index is 0.182. The molecule has 0 bridgehead atoms. The van der Waals surface area contributed by atoms with Crippen LogP contribution in [0, 0.1) is 6.92 Å². The van der Waals surface area contributed by atoms with Crippen LogP contribution >= 0.6 is 58.2 Å². The van der Waals surface area contributed by atoms with Crippen LogP contribution in [-0.2, 0) is 4.79 Å². The lowest BCUT2D eigenvalue weighted by Crippen LogP contribution is -2.22. The van der Waals surface area contributed by atoms with Crippen LogP contribution in [0.25, 0.3) is 0 Å². The molecule has 11 heteroatoms. The van der Waals surface area contributed by atoms with Gasteiger partial charge >= 0.3 is 5.97 Å². The van der Waals surface area contributed by atoms with Gasteiger partial charge in [0, 0.05) is 16.3 Å². The summed E-state index contributed by atoms with van der Waals surface area (Å²) in [6, 6.07) is 14.2. The lowest BCUT2D eigenvalue weighted by molar-refractivity contribution is -0.115. The van der Waals surface area contributed by atoms with Gasteiger partial charge in [0.15, 0.2) is 0 Å². The van der Waals surface area contributed by atoms with Crippen molar-refractivity contribution in [3.8, 4) is 0 Å². The number of aryl methyl sites for hydroxylation is 1. The fourth-order valence-corrected chi connectivity index (χ4v) is 5.06. The summed E-state index contributed by atoms with van der Waals surface area (Å²) in [5.41, 5.74) is 1.11. The Labute approximate surface area is 225 Å². The van der Waals surface area contributed by atoms with E-state index in [2.05, 4.69) is 10.6 Å². The minimum Gasteiger partial charge on any atom is -0.478 e. The number of aromatic carboxylic acids is 1. The molecule has 0 heterocycles. The first-order valence-corrected chi connectivity index (χ1v) is 12.4. The first kappa shape index (κ1) is 27.2. The molecule has 6 nitrogen and oxygen atoms in total. The number of hydrogen-bond acceptors (Lipinski definition) is 4. The topological polar surface area (TPSA) is 95.5 Å². The van der Waals surface area contributed by atoms with Gasteiger partial charge < -0.3 is 15.7 Å². The highest BCUT2D eigenvalue weighted by Gasteiger charge is 2.29. The van der Waals surface area contributed by atoms with Crippen molar-refractivity contribution < 1.29 is 19.5 Å². The minimum atomic E-state index is -1.49. The second-order valence-corrected chi connectivity index (χ2v) is 10.3. The Morgan fingerprint density at radius 3 is 2.00 bits per heavy atom. The normalized spacial score (nSPS) is 11.6. The summed E-state index contributed by atoms with van der Waals surface area (Å²) in [4.78, 5) is 38.0. The molecule has 0 aliphatic carbocycles. The van der Waals surface area contributed by atoms with Crippen LogP contribution in [0.15, 0.2) is 53.4 Å². The molecule has 0 aromatic heterocycles. The number of carboxylic acid groups (broad SMARTS) is 1. The maximum atomic E-state index is 13.0. The molecule has 3 aromatic rings. The Balaban J connectivity index is 1.78. The van der Waals surface area contributed by atoms with Gasteiger partial charge in [0.1, 0.15) is 0 Å². The molecule has 2 amide bonds. The van der Waals surface area contributed by atoms with Gasteiger partial charge in [-0.1, -0.05) is 64.6 Å². The van der Waals surface area contributed by atoms with Crippen LogP contribution < -0.4 is 10.6 Å². The number of carbonyl (C=O) groups excluding carboxylic acids is 2. The van der Waals surface area contributed by atoms with E-state index < -0.39 is 33.3 Å². The van der Waals surface area contributed by atoms with Crippen LogP contribution in [0.2, 0.25) is 20.1 Å². The third-order valence-electron chi connectivity index (χ3n) is 4.77. The van der Waals surface area contributed by atoms with E-state index in [1.54, 1.807) is 31.2 Å². The summed E-state index contributed by atoms with van der Waals surface area (Å²) in [5, 5.41) is 13.4. The Bertz CT molecular complexity index is 1330. The first-order chi connectivity index (χ1) is 16.5. The summed E-state index contributed by atoms with van der Waals surface area (Å²) >= 11 is 25.4. The Morgan fingerprint density at radius 2 is 1.40 bits per heavy atom. The number of carbonyl (C=O) groups is 3. The van der Waals surface area contributed by atoms with Crippen LogP contribution in [-0.4, -0.2) is 28.1 Å². The van der Waals surface area contributed by atoms with Gasteiger partial charge in [-0.2, -0.15) is 0 Å². The zero-order valence-corrected chi connectivity index (χ0v) is 22.1. The van der Waals surface area contributed by atoms with Crippen molar-refractivity contribution in [2.75, 3.05) is 10.6 Å². The number of amides is 2. The van der Waals surface area contributed by atoms with Crippen molar-refractivity contribution in [1.82, 2.24) is 0 Å². The standard InChI is InChI=1S/C24H18Cl4N2O4S/c1-11-5-3-6-13(9-11)29-22(31)12(2)35-15-8-4-7-14(10-15)30-23(32)16-17(24(33)34)19(26)21(28)20(27)18(16)25/h3-10,12H,1-2H3,(H,29,31)(H,30,32)(H,33,34). The molecule has 3 rings (SSSR count). The largest absolute Gasteiger partial charge is 0.478 e. The molecular weight excluding hydrogens is 554 g/mol. The van der Waals surface area contributed by atoms with E-state index in [9.17, 15) is 19.5 Å². The van der Waals surface area contributed by atoms with E-state index in [4.69, 9.17) is 46.4 Å².